The first-order valence-electron chi connectivity index (χ1n) is 21.3. The highest BCUT2D eigenvalue weighted by molar-refractivity contribution is 7.86. The molecule has 7 aromatic carbocycles. The summed E-state index contributed by atoms with van der Waals surface area (Å²) in [5, 5.41) is 49.3. The highest BCUT2D eigenvalue weighted by Gasteiger charge is 2.25. The van der Waals surface area contributed by atoms with E-state index in [1.165, 1.54) is 84.9 Å². The minimum atomic E-state index is -5.05. The molecule has 0 fully saturated rings. The fraction of sp³-hybridized carbons (Fsp3) is 0. The van der Waals surface area contributed by atoms with Gasteiger partial charge in [-0.25, -0.2) is 0 Å². The van der Waals surface area contributed by atoms with Crippen LogP contribution in [0.3, 0.4) is 0 Å². The van der Waals surface area contributed by atoms with Crippen LogP contribution in [0.5, 0.6) is 11.5 Å². The molecule has 0 aliphatic heterocycles. The Hall–Kier alpha value is -8.70. The van der Waals surface area contributed by atoms with E-state index in [0.717, 1.165) is 36.4 Å². The number of nitrogens with one attached hydrogen (secondary N) is 4. The fourth-order valence-electron chi connectivity index (χ4n) is 7.12. The van der Waals surface area contributed by atoms with Gasteiger partial charge in [-0.15, -0.1) is 0 Å². The molecule has 9 aromatic rings. The number of azo groups is 2. The Morgan fingerprint density at radius 3 is 1.00 bits per heavy atom. The number of fused-ring (bicyclic) bond motifs is 2. The number of anilines is 8. The maximum Gasteiger partial charge on any atom is 0.296 e. The highest BCUT2D eigenvalue weighted by Crippen LogP contribution is 2.43. The zero-order chi connectivity index (χ0) is 55.9. The van der Waals surface area contributed by atoms with E-state index in [1.54, 1.807) is 0 Å². The van der Waals surface area contributed by atoms with E-state index in [4.69, 9.17) is 23.2 Å². The third-order valence-corrected chi connectivity index (χ3v) is 14.4. The molecule has 10 N–H and O–H groups in total. The summed E-state index contributed by atoms with van der Waals surface area (Å²) in [5.41, 5.74) is 0.390. The predicted octanol–water partition coefficient (Wildman–Crippen LogP) is 9.87. The average Bonchev–Trinajstić information content (AvgIpc) is 3.38. The van der Waals surface area contributed by atoms with Crippen molar-refractivity contribution in [3.05, 3.63) is 132 Å². The van der Waals surface area contributed by atoms with E-state index < -0.39 is 73.1 Å². The lowest BCUT2D eigenvalue weighted by Crippen LogP contribution is -2.08. The van der Waals surface area contributed by atoms with Crippen molar-refractivity contribution in [1.29, 1.82) is 0 Å². The average molecular weight is 1180 g/mol. The number of phenolic OH excluding ortho intramolecular Hbond substituents is 2. The Balaban J connectivity index is 0.901. The second-order valence-electron chi connectivity index (χ2n) is 15.9. The predicted molar refractivity (Wildman–Crippen MR) is 281 cm³/mol. The van der Waals surface area contributed by atoms with Gasteiger partial charge in [0, 0.05) is 22.1 Å². The van der Waals surface area contributed by atoms with Gasteiger partial charge < -0.3 is 31.5 Å². The van der Waals surface area contributed by atoms with Crippen LogP contribution >= 0.6 is 23.2 Å². The first-order valence-corrected chi connectivity index (χ1v) is 27.8. The molecule has 34 heteroatoms. The summed E-state index contributed by atoms with van der Waals surface area (Å²) in [6, 6.07) is 26.1. The molecule has 0 aliphatic carbocycles. The molecule has 9 rings (SSSR count). The van der Waals surface area contributed by atoms with Gasteiger partial charge in [-0.1, -0.05) is 0 Å². The van der Waals surface area contributed by atoms with Crippen molar-refractivity contribution in [2.75, 3.05) is 21.3 Å². The van der Waals surface area contributed by atoms with Gasteiger partial charge in [0.15, 0.2) is 0 Å². The van der Waals surface area contributed by atoms with Crippen LogP contribution in [0.2, 0.25) is 10.6 Å². The van der Waals surface area contributed by atoms with Gasteiger partial charge in [0.05, 0.1) is 32.5 Å². The maximum absolute atomic E-state index is 12.7. The summed E-state index contributed by atoms with van der Waals surface area (Å²) in [6.45, 7) is 0. The first kappa shape index (κ1) is 54.1. The van der Waals surface area contributed by atoms with Gasteiger partial charge in [-0.2, -0.15) is 84.0 Å². The Morgan fingerprint density at radius 1 is 0.372 bits per heavy atom. The fourth-order valence-corrected chi connectivity index (χ4v) is 9.76. The van der Waals surface area contributed by atoms with Crippen LogP contribution in [0.25, 0.3) is 21.5 Å². The molecular formula is C44H30Cl2N14O14S4. The van der Waals surface area contributed by atoms with Crippen molar-refractivity contribution in [2.45, 2.75) is 19.6 Å². The van der Waals surface area contributed by atoms with Crippen LogP contribution in [0.1, 0.15) is 0 Å². The molecular weight excluding hydrogens is 1150 g/mol. The van der Waals surface area contributed by atoms with Crippen molar-refractivity contribution >= 4 is 155 Å². The third kappa shape index (κ3) is 12.6. The second-order valence-corrected chi connectivity index (χ2v) is 22.2. The largest absolute Gasteiger partial charge is 0.505 e. The van der Waals surface area contributed by atoms with E-state index in [-0.39, 0.29) is 88.4 Å². The molecule has 0 aliphatic rings. The van der Waals surface area contributed by atoms with Crippen LogP contribution in [0, 0.1) is 0 Å². The summed E-state index contributed by atoms with van der Waals surface area (Å²) in [6.07, 6.45) is 0. The number of aromatic nitrogens is 6. The lowest BCUT2D eigenvalue weighted by Gasteiger charge is -2.15. The number of benzene rings is 7. The van der Waals surface area contributed by atoms with Gasteiger partial charge in [0.25, 0.3) is 40.5 Å². The zero-order valence-corrected chi connectivity index (χ0v) is 43.1. The van der Waals surface area contributed by atoms with E-state index in [9.17, 15) is 62.1 Å². The summed E-state index contributed by atoms with van der Waals surface area (Å²) in [5.74, 6) is -2.41. The van der Waals surface area contributed by atoms with Crippen LogP contribution in [-0.2, 0) is 40.5 Å². The number of nitrogens with zero attached hydrogens (tertiary/aromatic N) is 10. The van der Waals surface area contributed by atoms with Crippen molar-refractivity contribution in [3.63, 3.8) is 0 Å². The Morgan fingerprint density at radius 2 is 0.679 bits per heavy atom. The second kappa shape index (κ2) is 21.0. The van der Waals surface area contributed by atoms with Crippen molar-refractivity contribution in [1.82, 2.24) is 29.9 Å². The normalized spacial score (nSPS) is 12.4. The topological polar surface area (TPSA) is 433 Å². The van der Waals surface area contributed by atoms with Gasteiger partial charge in [-0.3, -0.25) is 18.2 Å². The molecule has 2 aromatic heterocycles. The van der Waals surface area contributed by atoms with Gasteiger partial charge in [-0.05, 0) is 155 Å². The molecule has 78 heavy (non-hydrogen) atoms. The number of halogens is 2. The first-order chi connectivity index (χ1) is 36.7. The van der Waals surface area contributed by atoms with Crippen molar-refractivity contribution in [3.8, 4) is 11.5 Å². The van der Waals surface area contributed by atoms with E-state index in [2.05, 4.69) is 71.6 Å². The lowest BCUT2D eigenvalue weighted by molar-refractivity contribution is 0.473. The quantitative estimate of drug-likeness (QED) is 0.0244. The maximum atomic E-state index is 12.7. The van der Waals surface area contributed by atoms with Crippen molar-refractivity contribution < 1.29 is 62.1 Å². The molecule has 0 atom stereocenters. The number of aromatic hydroxyl groups is 2. The van der Waals surface area contributed by atoms with E-state index in [1.807, 2.05) is 0 Å². The van der Waals surface area contributed by atoms with Crippen LogP contribution in [-0.4, -0.2) is 92.0 Å². The number of phenols is 2. The Labute approximate surface area is 448 Å². The van der Waals surface area contributed by atoms with Crippen molar-refractivity contribution in [2.24, 2.45) is 20.5 Å². The van der Waals surface area contributed by atoms with Gasteiger partial charge >= 0.3 is 0 Å². The molecule has 0 radical (unpaired) electrons. The summed E-state index contributed by atoms with van der Waals surface area (Å²) < 4.78 is 135. The summed E-state index contributed by atoms with van der Waals surface area (Å²) in [4.78, 5) is 22.1. The molecule has 2 heterocycles. The molecule has 28 nitrogen and oxygen atoms in total. The number of hydrogen-bond donors (Lipinski definition) is 10. The lowest BCUT2D eigenvalue weighted by atomic mass is 10.1. The summed E-state index contributed by atoms with van der Waals surface area (Å²) in [7, 11) is -19.0. The molecule has 0 bridgehead atoms. The standard InChI is InChI=1S/C44H30Cl2N14O14S4/c45-39-51-41(55-43(53-39)49-35-33(77(69,70)71)19-21-17-27(9-15-31(21)37(35)61)59-57-25-5-11-29(12-6-25)75(63,64)65)47-23-1-2-24(4-3-23)48-42-52-40(46)54-44(56-42)50-36-34(78(72,73)74)20-22-18-28(10-16-32(22)38(36)62)60-58-26-7-13-30(14-8-26)76(66,67)68/h1-20,61-62H,(H,63,64,65)(H,66,67,68)(H,69,70,71)(H,72,73,74)(H2,47,49,51,53,55)(H2,48,50,52,54,56). The molecule has 0 amide bonds. The van der Waals surface area contributed by atoms with E-state index >= 15 is 0 Å². The SMILES string of the molecule is O=S(=O)(O)c1ccc(N=Nc2ccc3c(O)c(Nc4nc(Cl)nc(Nc5ccc(Nc6nc(Cl)nc(Nc7c(S(=O)(=O)O)cc8cc(N=Nc9ccc(S(=O)(=O)O)cc9)ccc8c7O)n6)cc5)n4)c(S(=O)(=O)O)cc3c2)cc1. The van der Waals surface area contributed by atoms with E-state index in [0.29, 0.717) is 11.4 Å². The zero-order valence-electron chi connectivity index (χ0n) is 38.4. The molecule has 0 saturated carbocycles. The number of rotatable bonds is 16. The molecule has 0 unspecified atom stereocenters. The minimum absolute atomic E-state index is 0.0870. The smallest absolute Gasteiger partial charge is 0.296 e. The molecule has 398 valence electrons. The van der Waals surface area contributed by atoms with Crippen LogP contribution < -0.4 is 21.3 Å². The Kier molecular flexibility index (Phi) is 14.6. The van der Waals surface area contributed by atoms with Gasteiger partial charge in [0.2, 0.25) is 34.4 Å². The van der Waals surface area contributed by atoms with Crippen LogP contribution in [0.15, 0.2) is 161 Å². The third-order valence-electron chi connectivity index (χ3n) is 10.6. The molecule has 0 spiro atoms. The van der Waals surface area contributed by atoms with Gasteiger partial charge in [0.1, 0.15) is 32.7 Å². The highest BCUT2D eigenvalue weighted by atomic mass is 35.5. The molecule has 0 saturated heterocycles. The van der Waals surface area contributed by atoms with Crippen LogP contribution in [0.4, 0.5) is 69.3 Å². The monoisotopic (exact) mass is 1180 g/mol. The minimum Gasteiger partial charge on any atom is -0.505 e. The number of hydrogen-bond acceptors (Lipinski definition) is 24. The Bertz CT molecular complexity index is 4160. The summed E-state index contributed by atoms with van der Waals surface area (Å²) >= 11 is 12.4.